The smallest absolute Gasteiger partial charge is 0.343 e. The molecule has 0 aromatic heterocycles. The molecular weight excluding hydrogens is 280 g/mol. The lowest BCUT2D eigenvalue weighted by atomic mass is 10.2. The number of halogens is 1. The molecule has 0 N–H and O–H groups in total. The number of rotatable bonds is 2. The van der Waals surface area contributed by atoms with Crippen LogP contribution in [0.1, 0.15) is 15.9 Å². The van der Waals surface area contributed by atoms with Gasteiger partial charge in [0, 0.05) is 4.47 Å². The second-order valence-electron chi connectivity index (χ2n) is 3.71. The van der Waals surface area contributed by atoms with Gasteiger partial charge < -0.3 is 4.74 Å². The van der Waals surface area contributed by atoms with Crippen LogP contribution >= 0.6 is 15.9 Å². The van der Waals surface area contributed by atoms with Gasteiger partial charge in [0.2, 0.25) is 0 Å². The summed E-state index contributed by atoms with van der Waals surface area (Å²) in [6.45, 7) is 1.99. The van der Waals surface area contributed by atoms with Crippen LogP contribution in [0.5, 0.6) is 5.75 Å². The highest BCUT2D eigenvalue weighted by Crippen LogP contribution is 2.15. The van der Waals surface area contributed by atoms with Gasteiger partial charge in [-0.1, -0.05) is 33.6 Å². The molecule has 0 fully saturated rings. The zero-order valence-corrected chi connectivity index (χ0v) is 10.9. The first-order chi connectivity index (χ1) is 8.15. The molecule has 0 radical (unpaired) electrons. The average molecular weight is 291 g/mol. The van der Waals surface area contributed by atoms with E-state index >= 15 is 0 Å². The van der Waals surface area contributed by atoms with Crippen LogP contribution in [-0.2, 0) is 0 Å². The number of aryl methyl sites for hydroxylation is 1. The molecule has 2 aromatic rings. The fourth-order valence-electron chi connectivity index (χ4n) is 1.36. The second-order valence-corrected chi connectivity index (χ2v) is 4.63. The van der Waals surface area contributed by atoms with Crippen molar-refractivity contribution in [2.45, 2.75) is 6.92 Å². The lowest BCUT2D eigenvalue weighted by Gasteiger charge is -2.04. The highest BCUT2D eigenvalue weighted by atomic mass is 79.9. The number of hydrogen-bond donors (Lipinski definition) is 0. The van der Waals surface area contributed by atoms with E-state index in [0.717, 1.165) is 10.0 Å². The quantitative estimate of drug-likeness (QED) is 0.618. The van der Waals surface area contributed by atoms with E-state index in [2.05, 4.69) is 15.9 Å². The summed E-state index contributed by atoms with van der Waals surface area (Å²) >= 11 is 3.32. The fraction of sp³-hybridized carbons (Fsp3) is 0.0714. The van der Waals surface area contributed by atoms with Crippen molar-refractivity contribution >= 4 is 21.9 Å². The van der Waals surface area contributed by atoms with E-state index < -0.39 is 0 Å². The molecule has 0 aliphatic rings. The van der Waals surface area contributed by atoms with Gasteiger partial charge in [-0.2, -0.15) is 0 Å². The van der Waals surface area contributed by atoms with Gasteiger partial charge in [0.1, 0.15) is 5.75 Å². The highest BCUT2D eigenvalue weighted by Gasteiger charge is 2.07. The van der Waals surface area contributed by atoms with E-state index in [0.29, 0.717) is 11.3 Å². The predicted octanol–water partition coefficient (Wildman–Crippen LogP) is 3.98. The summed E-state index contributed by atoms with van der Waals surface area (Å²) in [7, 11) is 0. The summed E-state index contributed by atoms with van der Waals surface area (Å²) in [4.78, 5) is 11.8. The van der Waals surface area contributed by atoms with Gasteiger partial charge in [-0.15, -0.1) is 0 Å². The second kappa shape index (κ2) is 5.15. The third-order valence-electron chi connectivity index (χ3n) is 2.31. The first-order valence-corrected chi connectivity index (χ1v) is 5.99. The zero-order chi connectivity index (χ0) is 12.3. The van der Waals surface area contributed by atoms with Crippen molar-refractivity contribution in [1.29, 1.82) is 0 Å². The Hall–Kier alpha value is -1.61. The van der Waals surface area contributed by atoms with Crippen LogP contribution in [0.25, 0.3) is 0 Å². The minimum atomic E-state index is -0.346. The van der Waals surface area contributed by atoms with Crippen LogP contribution in [0.2, 0.25) is 0 Å². The number of carbonyl (C=O) groups excluding carboxylic acids is 1. The molecule has 0 bridgehead atoms. The van der Waals surface area contributed by atoms with Crippen molar-refractivity contribution in [3.8, 4) is 5.75 Å². The minimum absolute atomic E-state index is 0.346. The molecule has 0 aliphatic carbocycles. The standard InChI is InChI=1S/C14H11BrO2/c1-10-2-8-13(9-3-10)17-14(16)11-4-6-12(15)7-5-11/h2-9H,1H3. The molecule has 0 heterocycles. The molecule has 0 saturated carbocycles. The Balaban J connectivity index is 2.11. The van der Waals surface area contributed by atoms with Crippen LogP contribution in [0, 0.1) is 6.92 Å². The monoisotopic (exact) mass is 290 g/mol. The summed E-state index contributed by atoms with van der Waals surface area (Å²) in [6, 6.07) is 14.4. The summed E-state index contributed by atoms with van der Waals surface area (Å²) in [5, 5.41) is 0. The number of hydrogen-bond acceptors (Lipinski definition) is 2. The maximum Gasteiger partial charge on any atom is 0.343 e. The van der Waals surface area contributed by atoms with Gasteiger partial charge in [-0.25, -0.2) is 4.79 Å². The maximum absolute atomic E-state index is 11.8. The lowest BCUT2D eigenvalue weighted by molar-refractivity contribution is 0.0734. The first-order valence-electron chi connectivity index (χ1n) is 5.19. The summed E-state index contributed by atoms with van der Waals surface area (Å²) in [6.07, 6.45) is 0. The molecule has 0 unspecified atom stereocenters. The van der Waals surface area contributed by atoms with Gasteiger partial charge in [-0.05, 0) is 43.3 Å². The van der Waals surface area contributed by atoms with E-state index in [4.69, 9.17) is 4.74 Å². The molecule has 0 spiro atoms. The molecular formula is C14H11BrO2. The SMILES string of the molecule is Cc1ccc(OC(=O)c2ccc(Br)cc2)cc1. The van der Waals surface area contributed by atoms with Crippen molar-refractivity contribution in [2.75, 3.05) is 0 Å². The Kier molecular flexibility index (Phi) is 3.59. The third-order valence-corrected chi connectivity index (χ3v) is 2.84. The van der Waals surface area contributed by atoms with Crippen LogP contribution in [0.3, 0.4) is 0 Å². The van der Waals surface area contributed by atoms with Crippen molar-refractivity contribution in [2.24, 2.45) is 0 Å². The molecule has 3 heteroatoms. The number of carbonyl (C=O) groups is 1. The molecule has 0 saturated heterocycles. The predicted molar refractivity (Wildman–Crippen MR) is 70.3 cm³/mol. The normalized spacial score (nSPS) is 10.0. The molecule has 2 aromatic carbocycles. The first kappa shape index (κ1) is 11.9. The molecule has 17 heavy (non-hydrogen) atoms. The summed E-state index contributed by atoms with van der Waals surface area (Å²) in [5.74, 6) is 0.213. The van der Waals surface area contributed by atoms with Crippen molar-refractivity contribution in [3.63, 3.8) is 0 Å². The lowest BCUT2D eigenvalue weighted by Crippen LogP contribution is -2.08. The summed E-state index contributed by atoms with van der Waals surface area (Å²) < 4.78 is 6.18. The number of ether oxygens (including phenoxy) is 1. The maximum atomic E-state index is 11.8. The average Bonchev–Trinajstić information content (AvgIpc) is 2.33. The Morgan fingerprint density at radius 3 is 2.18 bits per heavy atom. The van der Waals surface area contributed by atoms with Crippen LogP contribution in [0.4, 0.5) is 0 Å². The molecule has 0 aliphatic heterocycles. The van der Waals surface area contributed by atoms with E-state index in [1.165, 1.54) is 0 Å². The van der Waals surface area contributed by atoms with E-state index in [1.54, 1.807) is 24.3 Å². The minimum Gasteiger partial charge on any atom is -0.423 e. The highest BCUT2D eigenvalue weighted by molar-refractivity contribution is 9.10. The van der Waals surface area contributed by atoms with Crippen LogP contribution in [0.15, 0.2) is 53.0 Å². The largest absolute Gasteiger partial charge is 0.423 e. The Morgan fingerprint density at radius 1 is 1.00 bits per heavy atom. The van der Waals surface area contributed by atoms with E-state index in [-0.39, 0.29) is 5.97 Å². The van der Waals surface area contributed by atoms with E-state index in [9.17, 15) is 4.79 Å². The van der Waals surface area contributed by atoms with Gasteiger partial charge in [-0.3, -0.25) is 0 Å². The Bertz CT molecular complexity index is 515. The van der Waals surface area contributed by atoms with Crippen LogP contribution < -0.4 is 4.74 Å². The van der Waals surface area contributed by atoms with Gasteiger partial charge in [0.05, 0.1) is 5.56 Å². The topological polar surface area (TPSA) is 26.3 Å². The number of esters is 1. The molecule has 2 rings (SSSR count). The molecule has 0 atom stereocenters. The third kappa shape index (κ3) is 3.17. The van der Waals surface area contributed by atoms with Gasteiger partial charge in [0.15, 0.2) is 0 Å². The van der Waals surface area contributed by atoms with Crippen molar-refractivity contribution in [3.05, 3.63) is 64.1 Å². The molecule has 2 nitrogen and oxygen atoms in total. The fourth-order valence-corrected chi connectivity index (χ4v) is 1.62. The van der Waals surface area contributed by atoms with Crippen molar-refractivity contribution < 1.29 is 9.53 Å². The van der Waals surface area contributed by atoms with E-state index in [1.807, 2.05) is 31.2 Å². The van der Waals surface area contributed by atoms with Gasteiger partial charge >= 0.3 is 5.97 Å². The number of benzene rings is 2. The van der Waals surface area contributed by atoms with Gasteiger partial charge in [0.25, 0.3) is 0 Å². The summed E-state index contributed by atoms with van der Waals surface area (Å²) in [5.41, 5.74) is 1.67. The van der Waals surface area contributed by atoms with Crippen LogP contribution in [-0.4, -0.2) is 5.97 Å². The Morgan fingerprint density at radius 2 is 1.59 bits per heavy atom. The molecule has 86 valence electrons. The Labute approximate surface area is 108 Å². The molecule has 0 amide bonds. The zero-order valence-electron chi connectivity index (χ0n) is 9.31. The van der Waals surface area contributed by atoms with Crippen molar-refractivity contribution in [1.82, 2.24) is 0 Å².